The third-order valence-corrected chi connectivity index (χ3v) is 1.19. The van der Waals surface area contributed by atoms with Gasteiger partial charge in [0.05, 0.1) is 26.4 Å². The molecule has 0 aliphatic rings. The first-order valence-corrected chi connectivity index (χ1v) is 4.41. The number of ether oxygens (including phenoxy) is 1. The van der Waals surface area contributed by atoms with Crippen LogP contribution in [0.4, 0.5) is 0 Å². The lowest BCUT2D eigenvalue weighted by atomic mass is 10.2. The molecule has 0 unspecified atom stereocenters. The standard InChI is InChI=1S/C7H17BO5/c1-2-4-12-8(10)13-7-6-11-5-3-9/h9-10H,2-7H2,1H3. The van der Waals surface area contributed by atoms with E-state index in [1.165, 1.54) is 0 Å². The Kier molecular flexibility index (Phi) is 9.85. The van der Waals surface area contributed by atoms with Crippen molar-refractivity contribution in [2.24, 2.45) is 0 Å². The SMILES string of the molecule is CCCOB(O)OCCOCCO. The zero-order chi connectivity index (χ0) is 9.94. The van der Waals surface area contributed by atoms with Gasteiger partial charge in [-0.3, -0.25) is 0 Å². The zero-order valence-electron chi connectivity index (χ0n) is 7.94. The van der Waals surface area contributed by atoms with Crippen LogP contribution in [0.5, 0.6) is 0 Å². The van der Waals surface area contributed by atoms with E-state index in [0.717, 1.165) is 6.42 Å². The van der Waals surface area contributed by atoms with Gasteiger partial charge < -0.3 is 24.2 Å². The number of aliphatic hydroxyl groups excluding tert-OH is 1. The lowest BCUT2D eigenvalue weighted by Gasteiger charge is -2.07. The molecule has 0 atom stereocenters. The highest BCUT2D eigenvalue weighted by Crippen LogP contribution is 1.87. The van der Waals surface area contributed by atoms with Crippen molar-refractivity contribution in [3.63, 3.8) is 0 Å². The maximum atomic E-state index is 8.99. The molecule has 13 heavy (non-hydrogen) atoms. The van der Waals surface area contributed by atoms with Crippen LogP contribution in [0.3, 0.4) is 0 Å². The smallest absolute Gasteiger partial charge is 0.402 e. The number of rotatable bonds is 9. The fraction of sp³-hybridized carbons (Fsp3) is 1.00. The van der Waals surface area contributed by atoms with Crippen molar-refractivity contribution in [3.8, 4) is 0 Å². The molecule has 0 spiro atoms. The van der Waals surface area contributed by atoms with Crippen LogP contribution in [0.2, 0.25) is 0 Å². The normalized spacial score (nSPS) is 10.4. The van der Waals surface area contributed by atoms with Crippen LogP contribution in [0.15, 0.2) is 0 Å². The van der Waals surface area contributed by atoms with Gasteiger partial charge in [-0.25, -0.2) is 0 Å². The average molecular weight is 192 g/mol. The van der Waals surface area contributed by atoms with Crippen LogP contribution in [0.25, 0.3) is 0 Å². The van der Waals surface area contributed by atoms with Gasteiger partial charge >= 0.3 is 7.32 Å². The third kappa shape index (κ3) is 9.78. The van der Waals surface area contributed by atoms with Gasteiger partial charge in [-0.1, -0.05) is 6.92 Å². The van der Waals surface area contributed by atoms with Crippen LogP contribution in [0.1, 0.15) is 13.3 Å². The molecule has 78 valence electrons. The van der Waals surface area contributed by atoms with Crippen LogP contribution in [0, 0.1) is 0 Å². The van der Waals surface area contributed by atoms with Crippen molar-refractivity contribution in [3.05, 3.63) is 0 Å². The van der Waals surface area contributed by atoms with Gasteiger partial charge in [0.25, 0.3) is 0 Å². The number of aliphatic hydroxyl groups is 1. The summed E-state index contributed by atoms with van der Waals surface area (Å²) in [6, 6.07) is 0. The molecule has 0 radical (unpaired) electrons. The average Bonchev–Trinajstić information content (AvgIpc) is 2.14. The summed E-state index contributed by atoms with van der Waals surface area (Å²) in [7, 11) is -1.17. The van der Waals surface area contributed by atoms with Crippen LogP contribution >= 0.6 is 0 Å². The van der Waals surface area contributed by atoms with Crippen LogP contribution < -0.4 is 0 Å². The lowest BCUT2D eigenvalue weighted by molar-refractivity contribution is 0.0502. The van der Waals surface area contributed by atoms with Crippen molar-refractivity contribution < 1.29 is 24.2 Å². The molecule has 0 aromatic heterocycles. The minimum absolute atomic E-state index is 0.00507. The van der Waals surface area contributed by atoms with E-state index in [1.54, 1.807) is 0 Å². The summed E-state index contributed by atoms with van der Waals surface area (Å²) in [5.74, 6) is 0. The second-order valence-corrected chi connectivity index (χ2v) is 2.38. The fourth-order valence-electron chi connectivity index (χ4n) is 0.641. The fourth-order valence-corrected chi connectivity index (χ4v) is 0.641. The van der Waals surface area contributed by atoms with Gasteiger partial charge in [0, 0.05) is 6.61 Å². The maximum Gasteiger partial charge on any atom is 0.636 e. The van der Waals surface area contributed by atoms with Gasteiger partial charge in [-0.15, -0.1) is 0 Å². The Bertz CT molecular complexity index is 103. The second kappa shape index (κ2) is 9.95. The molecule has 6 heteroatoms. The second-order valence-electron chi connectivity index (χ2n) is 2.38. The first-order valence-electron chi connectivity index (χ1n) is 4.41. The zero-order valence-corrected chi connectivity index (χ0v) is 7.94. The Morgan fingerprint density at radius 1 is 1.08 bits per heavy atom. The molecule has 0 aromatic rings. The van der Waals surface area contributed by atoms with E-state index in [-0.39, 0.29) is 19.8 Å². The lowest BCUT2D eigenvalue weighted by Crippen LogP contribution is -2.25. The third-order valence-electron chi connectivity index (χ3n) is 1.19. The summed E-state index contributed by atoms with van der Waals surface area (Å²) in [4.78, 5) is 0. The highest BCUT2D eigenvalue weighted by molar-refractivity contribution is 6.34. The molecule has 0 heterocycles. The van der Waals surface area contributed by atoms with Gasteiger partial charge in [-0.2, -0.15) is 0 Å². The summed E-state index contributed by atoms with van der Waals surface area (Å²) in [6.07, 6.45) is 0.835. The molecule has 0 aromatic carbocycles. The summed E-state index contributed by atoms with van der Waals surface area (Å²) in [5.41, 5.74) is 0. The molecule has 0 saturated heterocycles. The van der Waals surface area contributed by atoms with E-state index in [9.17, 15) is 0 Å². The minimum Gasteiger partial charge on any atom is -0.402 e. The largest absolute Gasteiger partial charge is 0.636 e. The monoisotopic (exact) mass is 192 g/mol. The van der Waals surface area contributed by atoms with E-state index in [4.69, 9.17) is 24.2 Å². The summed E-state index contributed by atoms with van der Waals surface area (Å²) >= 11 is 0. The highest BCUT2D eigenvalue weighted by atomic mass is 16.7. The van der Waals surface area contributed by atoms with E-state index < -0.39 is 7.32 Å². The van der Waals surface area contributed by atoms with E-state index in [0.29, 0.717) is 13.2 Å². The molecular formula is C7H17BO5. The van der Waals surface area contributed by atoms with Crippen molar-refractivity contribution in [2.75, 3.05) is 33.0 Å². The van der Waals surface area contributed by atoms with Gasteiger partial charge in [0.2, 0.25) is 0 Å². The first kappa shape index (κ1) is 12.9. The van der Waals surface area contributed by atoms with E-state index >= 15 is 0 Å². The molecular weight excluding hydrogens is 175 g/mol. The molecule has 2 N–H and O–H groups in total. The molecule has 0 fully saturated rings. The molecule has 0 saturated carbocycles. The Balaban J connectivity index is 3.03. The maximum absolute atomic E-state index is 8.99. The molecule has 0 amide bonds. The van der Waals surface area contributed by atoms with Crippen molar-refractivity contribution >= 4 is 7.32 Å². The highest BCUT2D eigenvalue weighted by Gasteiger charge is 2.13. The molecule has 0 aliphatic carbocycles. The first-order chi connectivity index (χ1) is 6.31. The number of hydrogen-bond acceptors (Lipinski definition) is 5. The quantitative estimate of drug-likeness (QED) is 0.377. The van der Waals surface area contributed by atoms with E-state index in [2.05, 4.69) is 0 Å². The summed E-state index contributed by atoms with van der Waals surface area (Å²) in [6.45, 7) is 3.29. The van der Waals surface area contributed by atoms with Gasteiger partial charge in [-0.05, 0) is 6.42 Å². The topological polar surface area (TPSA) is 68.2 Å². The van der Waals surface area contributed by atoms with Crippen molar-refractivity contribution in [1.82, 2.24) is 0 Å². The predicted octanol–water partition coefficient (Wildman–Crippen LogP) is -0.584. The molecule has 0 rings (SSSR count). The van der Waals surface area contributed by atoms with Crippen LogP contribution in [-0.4, -0.2) is 50.5 Å². The Morgan fingerprint density at radius 3 is 2.38 bits per heavy atom. The summed E-state index contributed by atoms with van der Waals surface area (Å²) < 4.78 is 14.5. The molecule has 0 aliphatic heterocycles. The van der Waals surface area contributed by atoms with Gasteiger partial charge in [0.15, 0.2) is 0 Å². The Morgan fingerprint density at radius 2 is 1.77 bits per heavy atom. The number of hydrogen-bond donors (Lipinski definition) is 2. The molecule has 5 nitrogen and oxygen atoms in total. The van der Waals surface area contributed by atoms with Crippen molar-refractivity contribution in [2.45, 2.75) is 13.3 Å². The Labute approximate surface area is 78.8 Å². The minimum atomic E-state index is -1.17. The van der Waals surface area contributed by atoms with E-state index in [1.807, 2.05) is 6.92 Å². The predicted molar refractivity (Wildman–Crippen MR) is 48.1 cm³/mol. The van der Waals surface area contributed by atoms with Crippen molar-refractivity contribution in [1.29, 1.82) is 0 Å². The van der Waals surface area contributed by atoms with Crippen LogP contribution in [-0.2, 0) is 14.0 Å². The Hall–Kier alpha value is -0.135. The molecule has 0 bridgehead atoms. The van der Waals surface area contributed by atoms with Gasteiger partial charge in [0.1, 0.15) is 0 Å². The summed E-state index contributed by atoms with van der Waals surface area (Å²) in [5, 5.41) is 17.3.